The van der Waals surface area contributed by atoms with E-state index >= 15 is 0 Å². The molecule has 2 aromatic carbocycles. The van der Waals surface area contributed by atoms with E-state index in [1.54, 1.807) is 18.2 Å². The zero-order chi connectivity index (χ0) is 23.9. The number of benzene rings is 2. The molecule has 0 saturated carbocycles. The number of aryl methyl sites for hydroxylation is 1. The minimum atomic E-state index is -0.757. The Morgan fingerprint density at radius 3 is 2.18 bits per heavy atom. The number of nitrogens with zero attached hydrogens (tertiary/aromatic N) is 4. The van der Waals surface area contributed by atoms with E-state index in [0.29, 0.717) is 23.0 Å². The lowest BCUT2D eigenvalue weighted by Gasteiger charge is -2.13. The molecule has 0 radical (unpaired) electrons. The number of anilines is 1. The third-order valence-electron chi connectivity index (χ3n) is 5.45. The van der Waals surface area contributed by atoms with Crippen LogP contribution in [0.5, 0.6) is 0 Å². The highest BCUT2D eigenvalue weighted by Crippen LogP contribution is 2.25. The Hall–Kier alpha value is -3.17. The van der Waals surface area contributed by atoms with Gasteiger partial charge in [-0.25, -0.2) is 13.6 Å². The zero-order valence-corrected chi connectivity index (χ0v) is 19.2. The van der Waals surface area contributed by atoms with Crippen LogP contribution in [0.1, 0.15) is 11.1 Å². The molecule has 33 heavy (non-hydrogen) atoms. The van der Waals surface area contributed by atoms with Crippen molar-refractivity contribution in [2.75, 3.05) is 11.9 Å². The Morgan fingerprint density at radius 1 is 0.939 bits per heavy atom. The largest absolute Gasteiger partial charge is 0.355 e. The monoisotopic (exact) mass is 493 g/mol. The third kappa shape index (κ3) is 4.14. The number of halogens is 4. The lowest BCUT2D eigenvalue weighted by atomic mass is 10.1. The summed E-state index contributed by atoms with van der Waals surface area (Å²) in [5.74, 6) is -1.34. The SMILES string of the molecule is Cn1c(=O)c2c(nc(NCCc3c(Cl)cccc3Cl)n2Cc2c(F)cccc2F)n(C)c1=O. The summed E-state index contributed by atoms with van der Waals surface area (Å²) in [5.41, 5.74) is -0.564. The molecule has 0 bridgehead atoms. The summed E-state index contributed by atoms with van der Waals surface area (Å²) in [6.07, 6.45) is 0.423. The van der Waals surface area contributed by atoms with Gasteiger partial charge in [-0.05, 0) is 36.2 Å². The van der Waals surface area contributed by atoms with Crippen molar-refractivity contribution in [2.24, 2.45) is 14.1 Å². The molecule has 172 valence electrons. The molecule has 0 spiro atoms. The highest BCUT2D eigenvalue weighted by atomic mass is 35.5. The maximum atomic E-state index is 14.4. The highest BCUT2D eigenvalue weighted by Gasteiger charge is 2.21. The van der Waals surface area contributed by atoms with Crippen LogP contribution < -0.4 is 16.6 Å². The molecule has 0 atom stereocenters. The molecule has 11 heteroatoms. The van der Waals surface area contributed by atoms with Crippen LogP contribution in [-0.2, 0) is 27.1 Å². The van der Waals surface area contributed by atoms with E-state index in [2.05, 4.69) is 10.3 Å². The molecule has 0 aliphatic carbocycles. The van der Waals surface area contributed by atoms with Crippen molar-refractivity contribution in [1.82, 2.24) is 18.7 Å². The Morgan fingerprint density at radius 2 is 1.55 bits per heavy atom. The van der Waals surface area contributed by atoms with E-state index in [-0.39, 0.29) is 29.2 Å². The molecule has 4 aromatic rings. The molecular weight excluding hydrogens is 475 g/mol. The Kier molecular flexibility index (Phi) is 6.27. The number of aromatic nitrogens is 4. The molecule has 4 rings (SSSR count). The van der Waals surface area contributed by atoms with Crippen molar-refractivity contribution in [3.63, 3.8) is 0 Å². The number of nitrogens with one attached hydrogen (secondary N) is 1. The second-order valence-electron chi connectivity index (χ2n) is 7.48. The normalized spacial score (nSPS) is 11.3. The van der Waals surface area contributed by atoms with Crippen LogP contribution in [0.25, 0.3) is 11.2 Å². The predicted octanol–water partition coefficient (Wildman–Crippen LogP) is 3.72. The summed E-state index contributed by atoms with van der Waals surface area (Å²) in [4.78, 5) is 29.7. The molecule has 0 saturated heterocycles. The van der Waals surface area contributed by atoms with Gasteiger partial charge in [0.2, 0.25) is 5.95 Å². The van der Waals surface area contributed by atoms with Gasteiger partial charge < -0.3 is 5.32 Å². The summed E-state index contributed by atoms with van der Waals surface area (Å²) in [6, 6.07) is 8.71. The summed E-state index contributed by atoms with van der Waals surface area (Å²) in [6.45, 7) is -0.00156. The first-order valence-electron chi connectivity index (χ1n) is 9.96. The Bertz CT molecular complexity index is 1450. The highest BCUT2D eigenvalue weighted by molar-refractivity contribution is 6.36. The molecule has 7 nitrogen and oxygen atoms in total. The van der Waals surface area contributed by atoms with Gasteiger partial charge in [-0.2, -0.15) is 4.98 Å². The van der Waals surface area contributed by atoms with Gasteiger partial charge in [0, 0.05) is 36.2 Å². The second kappa shape index (κ2) is 8.99. The molecule has 2 heterocycles. The number of imidazole rings is 1. The van der Waals surface area contributed by atoms with E-state index < -0.39 is 22.9 Å². The van der Waals surface area contributed by atoms with Gasteiger partial charge >= 0.3 is 5.69 Å². The van der Waals surface area contributed by atoms with Crippen molar-refractivity contribution >= 4 is 40.3 Å². The fourth-order valence-electron chi connectivity index (χ4n) is 3.65. The lowest BCUT2D eigenvalue weighted by Crippen LogP contribution is -2.37. The van der Waals surface area contributed by atoms with Crippen molar-refractivity contribution in [3.8, 4) is 0 Å². The lowest BCUT2D eigenvalue weighted by molar-refractivity contribution is 0.546. The summed E-state index contributed by atoms with van der Waals surface area (Å²) >= 11 is 12.5. The zero-order valence-electron chi connectivity index (χ0n) is 17.7. The average molecular weight is 494 g/mol. The summed E-state index contributed by atoms with van der Waals surface area (Å²) < 4.78 is 32.3. The average Bonchev–Trinajstić information content (AvgIpc) is 3.13. The molecule has 1 N–H and O–H groups in total. The topological polar surface area (TPSA) is 73.8 Å². The van der Waals surface area contributed by atoms with E-state index in [9.17, 15) is 18.4 Å². The number of fused-ring (bicyclic) bond motifs is 1. The predicted molar refractivity (Wildman–Crippen MR) is 124 cm³/mol. The first kappa shape index (κ1) is 23.0. The van der Waals surface area contributed by atoms with E-state index in [1.807, 2.05) is 0 Å². The molecule has 0 aliphatic rings. The van der Waals surface area contributed by atoms with Crippen molar-refractivity contribution in [3.05, 3.63) is 90.0 Å². The first-order valence-corrected chi connectivity index (χ1v) is 10.7. The van der Waals surface area contributed by atoms with Gasteiger partial charge in [-0.3, -0.25) is 18.5 Å². The number of rotatable bonds is 6. The summed E-state index contributed by atoms with van der Waals surface area (Å²) in [7, 11) is 2.80. The maximum Gasteiger partial charge on any atom is 0.332 e. The number of hydrogen-bond acceptors (Lipinski definition) is 4. The van der Waals surface area contributed by atoms with Gasteiger partial charge in [0.05, 0.1) is 6.54 Å². The molecule has 0 amide bonds. The van der Waals surface area contributed by atoms with Gasteiger partial charge in [0.1, 0.15) is 11.6 Å². The van der Waals surface area contributed by atoms with Crippen LogP contribution in [-0.4, -0.2) is 25.2 Å². The Balaban J connectivity index is 1.80. The van der Waals surface area contributed by atoms with Crippen molar-refractivity contribution in [1.29, 1.82) is 0 Å². The fourth-order valence-corrected chi connectivity index (χ4v) is 4.23. The number of hydrogen-bond donors (Lipinski definition) is 1. The summed E-state index contributed by atoms with van der Waals surface area (Å²) in [5, 5.41) is 4.09. The standard InChI is InChI=1S/C22H19Cl2F2N5O2/c1-29-19-18(20(32)30(2)22(29)33)31(11-13-16(25)7-4-8-17(13)26)21(28-19)27-10-9-12-14(23)5-3-6-15(12)24/h3-8H,9-11H2,1-2H3,(H,27,28). The van der Waals surface area contributed by atoms with Crippen LogP contribution in [0.2, 0.25) is 10.0 Å². The molecule has 0 unspecified atom stereocenters. The van der Waals surface area contributed by atoms with Crippen LogP contribution in [0.4, 0.5) is 14.7 Å². The maximum absolute atomic E-state index is 14.4. The van der Waals surface area contributed by atoms with E-state index in [0.717, 1.165) is 22.3 Å². The van der Waals surface area contributed by atoms with Crippen molar-refractivity contribution < 1.29 is 8.78 Å². The van der Waals surface area contributed by atoms with Gasteiger partial charge in [-0.1, -0.05) is 35.3 Å². The third-order valence-corrected chi connectivity index (χ3v) is 6.15. The molecule has 0 fully saturated rings. The van der Waals surface area contributed by atoms with Gasteiger partial charge in [0.15, 0.2) is 11.2 Å². The minimum absolute atomic E-state index is 0.0422. The molecular formula is C22H19Cl2F2N5O2. The van der Waals surface area contributed by atoms with Crippen molar-refractivity contribution in [2.45, 2.75) is 13.0 Å². The van der Waals surface area contributed by atoms with Crippen LogP contribution in [0, 0.1) is 11.6 Å². The Labute approximate surface area is 196 Å². The van der Waals surface area contributed by atoms with Gasteiger partial charge in [-0.15, -0.1) is 0 Å². The van der Waals surface area contributed by atoms with Crippen LogP contribution >= 0.6 is 23.2 Å². The molecule has 2 aromatic heterocycles. The second-order valence-corrected chi connectivity index (χ2v) is 8.29. The quantitative estimate of drug-likeness (QED) is 0.444. The minimum Gasteiger partial charge on any atom is -0.355 e. The smallest absolute Gasteiger partial charge is 0.332 e. The van der Waals surface area contributed by atoms with E-state index in [4.69, 9.17) is 23.2 Å². The van der Waals surface area contributed by atoms with Crippen LogP contribution in [0.15, 0.2) is 46.0 Å². The van der Waals surface area contributed by atoms with Gasteiger partial charge in [0.25, 0.3) is 5.56 Å². The fraction of sp³-hybridized carbons (Fsp3) is 0.227. The van der Waals surface area contributed by atoms with E-state index in [1.165, 1.54) is 29.3 Å². The van der Waals surface area contributed by atoms with Crippen LogP contribution in [0.3, 0.4) is 0 Å². The first-order chi connectivity index (χ1) is 15.7. The molecule has 0 aliphatic heterocycles.